The zero-order chi connectivity index (χ0) is 19.3. The number of aromatic nitrogens is 1. The van der Waals surface area contributed by atoms with Crippen molar-refractivity contribution in [2.45, 2.75) is 57.0 Å². The summed E-state index contributed by atoms with van der Waals surface area (Å²) in [6, 6.07) is 1.96. The molecule has 3 rings (SSSR count). The lowest BCUT2D eigenvalue weighted by molar-refractivity contribution is -0.141. The van der Waals surface area contributed by atoms with Gasteiger partial charge in [-0.1, -0.05) is 0 Å². The molecular weight excluding hydrogens is 352 g/mol. The van der Waals surface area contributed by atoms with Gasteiger partial charge in [0.2, 0.25) is 0 Å². The normalized spacial score (nSPS) is 26.8. The van der Waals surface area contributed by atoms with Crippen LogP contribution in [0, 0.1) is 0 Å². The molecule has 2 atom stereocenters. The van der Waals surface area contributed by atoms with Gasteiger partial charge in [0.25, 0.3) is 5.91 Å². The van der Waals surface area contributed by atoms with E-state index in [9.17, 15) is 22.4 Å². The summed E-state index contributed by atoms with van der Waals surface area (Å²) in [4.78, 5) is 20.5. The van der Waals surface area contributed by atoms with E-state index in [-0.39, 0.29) is 23.3 Å². The highest BCUT2D eigenvalue weighted by Crippen LogP contribution is 2.35. The fourth-order valence-corrected chi connectivity index (χ4v) is 3.42. The number of alkyl halides is 4. The molecule has 0 bridgehead atoms. The molecule has 0 saturated carbocycles. The van der Waals surface area contributed by atoms with Crippen LogP contribution < -0.4 is 10.6 Å². The Morgan fingerprint density at radius 1 is 1.23 bits per heavy atom. The SMILES string of the molecule is C[C@H]1C[C@@]2(CCN1)N=C(c1ccc(C(F)(F)F)nc1C(C)(C)F)NC2=O. The Morgan fingerprint density at radius 2 is 1.92 bits per heavy atom. The Kier molecular flexibility index (Phi) is 4.33. The number of pyridine rings is 1. The molecule has 0 unspecified atom stereocenters. The summed E-state index contributed by atoms with van der Waals surface area (Å²) in [6.45, 7) is 4.77. The second-order valence-electron chi connectivity index (χ2n) is 7.32. The molecule has 1 fully saturated rings. The zero-order valence-electron chi connectivity index (χ0n) is 14.7. The van der Waals surface area contributed by atoms with Gasteiger partial charge < -0.3 is 10.6 Å². The van der Waals surface area contributed by atoms with Gasteiger partial charge in [-0.3, -0.25) is 9.79 Å². The Bertz CT molecular complexity index is 769. The van der Waals surface area contributed by atoms with Crippen LogP contribution in [-0.2, 0) is 16.6 Å². The van der Waals surface area contributed by atoms with E-state index in [1.807, 2.05) is 6.92 Å². The third kappa shape index (κ3) is 3.32. The third-order valence-electron chi connectivity index (χ3n) is 4.66. The van der Waals surface area contributed by atoms with E-state index < -0.39 is 28.8 Å². The average molecular weight is 372 g/mol. The van der Waals surface area contributed by atoms with Crippen LogP contribution in [-0.4, -0.2) is 34.9 Å². The lowest BCUT2D eigenvalue weighted by atomic mass is 9.85. The van der Waals surface area contributed by atoms with Gasteiger partial charge in [0.15, 0.2) is 0 Å². The van der Waals surface area contributed by atoms with E-state index >= 15 is 0 Å². The number of nitrogens with zero attached hydrogens (tertiary/aromatic N) is 2. The summed E-state index contributed by atoms with van der Waals surface area (Å²) >= 11 is 0. The van der Waals surface area contributed by atoms with Gasteiger partial charge in [-0.25, -0.2) is 9.37 Å². The van der Waals surface area contributed by atoms with Gasteiger partial charge >= 0.3 is 6.18 Å². The van der Waals surface area contributed by atoms with Crippen LogP contribution >= 0.6 is 0 Å². The maximum atomic E-state index is 14.6. The molecule has 3 heterocycles. The van der Waals surface area contributed by atoms with Crippen molar-refractivity contribution in [1.82, 2.24) is 15.6 Å². The third-order valence-corrected chi connectivity index (χ3v) is 4.66. The molecule has 2 aliphatic rings. The smallest absolute Gasteiger partial charge is 0.314 e. The molecule has 1 spiro atoms. The van der Waals surface area contributed by atoms with E-state index in [0.717, 1.165) is 26.0 Å². The van der Waals surface area contributed by atoms with E-state index in [2.05, 4.69) is 20.6 Å². The largest absolute Gasteiger partial charge is 0.433 e. The summed E-state index contributed by atoms with van der Waals surface area (Å²) in [5, 5.41) is 5.84. The highest BCUT2D eigenvalue weighted by atomic mass is 19.4. The molecule has 26 heavy (non-hydrogen) atoms. The fraction of sp³-hybridized carbons (Fsp3) is 0.588. The molecular formula is C17H20F4N4O. The highest BCUT2D eigenvalue weighted by molar-refractivity contribution is 6.15. The van der Waals surface area contributed by atoms with E-state index in [1.165, 1.54) is 0 Å². The topological polar surface area (TPSA) is 66.4 Å². The van der Waals surface area contributed by atoms with Crippen molar-refractivity contribution in [3.63, 3.8) is 0 Å². The predicted octanol–water partition coefficient (Wildman–Crippen LogP) is 2.69. The number of nitrogens with one attached hydrogen (secondary N) is 2. The molecule has 1 amide bonds. The summed E-state index contributed by atoms with van der Waals surface area (Å²) in [7, 11) is 0. The van der Waals surface area contributed by atoms with Gasteiger partial charge in [0.1, 0.15) is 22.7 Å². The minimum absolute atomic E-state index is 0.0698. The van der Waals surface area contributed by atoms with Gasteiger partial charge in [0, 0.05) is 11.6 Å². The van der Waals surface area contributed by atoms with Crippen molar-refractivity contribution in [3.8, 4) is 0 Å². The molecule has 1 saturated heterocycles. The number of aliphatic imine (C=N–C) groups is 1. The molecule has 0 aliphatic carbocycles. The molecule has 5 nitrogen and oxygen atoms in total. The number of hydrogen-bond acceptors (Lipinski definition) is 4. The van der Waals surface area contributed by atoms with Crippen LogP contribution in [0.1, 0.15) is 50.6 Å². The summed E-state index contributed by atoms with van der Waals surface area (Å²) < 4.78 is 53.5. The zero-order valence-corrected chi connectivity index (χ0v) is 14.7. The lowest BCUT2D eigenvalue weighted by Gasteiger charge is -2.32. The van der Waals surface area contributed by atoms with Crippen molar-refractivity contribution < 1.29 is 22.4 Å². The summed E-state index contributed by atoms with van der Waals surface area (Å²) in [5.41, 5.74) is -4.62. The molecule has 1 aromatic heterocycles. The number of carbonyl (C=O) groups is 1. The van der Waals surface area contributed by atoms with Crippen molar-refractivity contribution in [1.29, 1.82) is 0 Å². The highest BCUT2D eigenvalue weighted by Gasteiger charge is 2.47. The van der Waals surface area contributed by atoms with Gasteiger partial charge in [-0.15, -0.1) is 0 Å². The van der Waals surface area contributed by atoms with Gasteiger partial charge in [-0.2, -0.15) is 13.2 Å². The molecule has 2 aliphatic heterocycles. The lowest BCUT2D eigenvalue weighted by Crippen LogP contribution is -2.51. The first-order chi connectivity index (χ1) is 11.9. The Labute approximate surface area is 148 Å². The van der Waals surface area contributed by atoms with Crippen LogP contribution in [0.3, 0.4) is 0 Å². The average Bonchev–Trinajstić information content (AvgIpc) is 2.81. The first kappa shape index (κ1) is 18.8. The van der Waals surface area contributed by atoms with E-state index in [0.29, 0.717) is 19.4 Å². The molecule has 0 aromatic carbocycles. The Morgan fingerprint density at radius 3 is 2.50 bits per heavy atom. The molecule has 142 valence electrons. The number of rotatable bonds is 2. The number of carbonyl (C=O) groups excluding carboxylic acids is 1. The number of halogens is 4. The second-order valence-corrected chi connectivity index (χ2v) is 7.32. The summed E-state index contributed by atoms with van der Waals surface area (Å²) in [6.07, 6.45) is -3.76. The van der Waals surface area contributed by atoms with Crippen molar-refractivity contribution in [3.05, 3.63) is 29.1 Å². The maximum absolute atomic E-state index is 14.6. The second kappa shape index (κ2) is 6.00. The number of piperidine rings is 1. The predicted molar refractivity (Wildman–Crippen MR) is 87.5 cm³/mol. The fourth-order valence-electron chi connectivity index (χ4n) is 3.42. The van der Waals surface area contributed by atoms with Crippen molar-refractivity contribution >= 4 is 11.7 Å². The van der Waals surface area contributed by atoms with Crippen molar-refractivity contribution in [2.24, 2.45) is 4.99 Å². The molecule has 1 aromatic rings. The maximum Gasteiger partial charge on any atom is 0.433 e. The Balaban J connectivity index is 2.08. The van der Waals surface area contributed by atoms with E-state index in [1.54, 1.807) is 0 Å². The van der Waals surface area contributed by atoms with Gasteiger partial charge in [0.05, 0.1) is 5.69 Å². The van der Waals surface area contributed by atoms with Crippen LogP contribution in [0.25, 0.3) is 0 Å². The Hall–Kier alpha value is -2.03. The number of amidine groups is 1. The van der Waals surface area contributed by atoms with Crippen LogP contribution in [0.4, 0.5) is 17.6 Å². The minimum Gasteiger partial charge on any atom is -0.314 e. The molecule has 9 heteroatoms. The number of amides is 1. The van der Waals surface area contributed by atoms with E-state index in [4.69, 9.17) is 0 Å². The first-order valence-electron chi connectivity index (χ1n) is 8.35. The van der Waals surface area contributed by atoms with Gasteiger partial charge in [-0.05, 0) is 52.3 Å². The van der Waals surface area contributed by atoms with Crippen LogP contribution in [0.5, 0.6) is 0 Å². The quantitative estimate of drug-likeness (QED) is 0.785. The van der Waals surface area contributed by atoms with Crippen LogP contribution in [0.2, 0.25) is 0 Å². The number of hydrogen-bond donors (Lipinski definition) is 2. The van der Waals surface area contributed by atoms with Crippen LogP contribution in [0.15, 0.2) is 17.1 Å². The monoisotopic (exact) mass is 372 g/mol. The molecule has 0 radical (unpaired) electrons. The minimum atomic E-state index is -4.69. The first-order valence-corrected chi connectivity index (χ1v) is 8.35. The standard InChI is InChI=1S/C17H20F4N4O/c1-9-8-16(6-7-22-9)14(26)24-13(25-16)10-4-5-11(17(19,20)21)23-12(10)15(2,3)18/h4-5,9,22H,6-8H2,1-3H3,(H,24,25,26)/t9-,16+/m0/s1. The molecule has 2 N–H and O–H groups in total. The summed E-state index contributed by atoms with van der Waals surface area (Å²) in [5.74, 6) is -0.241. The van der Waals surface area contributed by atoms with Crippen molar-refractivity contribution in [2.75, 3.05) is 6.54 Å².